The molecular formula is C21H24FN3O3. The van der Waals surface area contributed by atoms with Gasteiger partial charge in [-0.1, -0.05) is 0 Å². The van der Waals surface area contributed by atoms with Crippen LogP contribution < -0.4 is 0 Å². The fraction of sp³-hybridized carbons (Fsp3) is 0.333. The van der Waals surface area contributed by atoms with Crippen molar-refractivity contribution in [1.29, 1.82) is 0 Å². The Labute approximate surface area is 163 Å². The molecule has 0 fully saturated rings. The van der Waals surface area contributed by atoms with Crippen molar-refractivity contribution < 1.29 is 18.6 Å². The molecule has 28 heavy (non-hydrogen) atoms. The predicted molar refractivity (Wildman–Crippen MR) is 104 cm³/mol. The molecule has 3 aromatic rings. The number of methoxy groups -OCH3 is 1. The van der Waals surface area contributed by atoms with Crippen LogP contribution in [0.15, 0.2) is 55.0 Å². The molecule has 0 bridgehead atoms. The van der Waals surface area contributed by atoms with E-state index in [2.05, 4.69) is 4.98 Å². The highest BCUT2D eigenvalue weighted by atomic mass is 19.1. The second-order valence-corrected chi connectivity index (χ2v) is 6.11. The molecular weight excluding hydrogens is 361 g/mol. The summed E-state index contributed by atoms with van der Waals surface area (Å²) >= 11 is 0. The van der Waals surface area contributed by atoms with Crippen molar-refractivity contribution in [2.45, 2.75) is 6.54 Å². The summed E-state index contributed by atoms with van der Waals surface area (Å²) in [6, 6.07) is 10.2. The van der Waals surface area contributed by atoms with E-state index in [1.54, 1.807) is 31.6 Å². The topological polar surface area (TPSA) is 58.4 Å². The summed E-state index contributed by atoms with van der Waals surface area (Å²) in [5.41, 5.74) is 3.64. The van der Waals surface area contributed by atoms with Gasteiger partial charge in [0.15, 0.2) is 0 Å². The molecule has 0 N–H and O–H groups in total. The van der Waals surface area contributed by atoms with Crippen molar-refractivity contribution >= 4 is 0 Å². The Balaban J connectivity index is 1.65. The summed E-state index contributed by atoms with van der Waals surface area (Å²) in [6.45, 7) is 3.33. The minimum atomic E-state index is -0.269. The van der Waals surface area contributed by atoms with Crippen molar-refractivity contribution in [3.8, 4) is 22.4 Å². The number of hydrogen-bond acceptors (Lipinski definition) is 5. The lowest BCUT2D eigenvalue weighted by Crippen LogP contribution is -2.12. The van der Waals surface area contributed by atoms with E-state index in [0.29, 0.717) is 39.6 Å². The van der Waals surface area contributed by atoms with Gasteiger partial charge in [-0.05, 0) is 42.0 Å². The van der Waals surface area contributed by atoms with E-state index < -0.39 is 0 Å². The number of hydrogen-bond donors (Lipinski definition) is 0. The van der Waals surface area contributed by atoms with Gasteiger partial charge in [0.1, 0.15) is 11.5 Å². The first kappa shape index (κ1) is 20.1. The zero-order valence-electron chi connectivity index (χ0n) is 15.9. The van der Waals surface area contributed by atoms with E-state index in [4.69, 9.17) is 19.3 Å². The smallest absolute Gasteiger partial charge is 0.123 e. The van der Waals surface area contributed by atoms with Crippen LogP contribution in [0.1, 0.15) is 0 Å². The van der Waals surface area contributed by atoms with Gasteiger partial charge in [0.05, 0.1) is 39.6 Å². The number of ether oxygens (including phenoxy) is 3. The molecule has 2 heterocycles. The molecule has 0 radical (unpaired) electrons. The van der Waals surface area contributed by atoms with Gasteiger partial charge in [0, 0.05) is 36.8 Å². The summed E-state index contributed by atoms with van der Waals surface area (Å²) in [5.74, 6) is -0.269. The fourth-order valence-electron chi connectivity index (χ4n) is 2.72. The van der Waals surface area contributed by atoms with E-state index in [-0.39, 0.29) is 5.82 Å². The summed E-state index contributed by atoms with van der Waals surface area (Å²) in [6.07, 6.45) is 5.47. The summed E-state index contributed by atoms with van der Waals surface area (Å²) < 4.78 is 31.0. The van der Waals surface area contributed by atoms with Gasteiger partial charge in [0.25, 0.3) is 0 Å². The molecule has 0 saturated carbocycles. The van der Waals surface area contributed by atoms with Gasteiger partial charge < -0.3 is 14.2 Å². The monoisotopic (exact) mass is 385 g/mol. The van der Waals surface area contributed by atoms with Crippen LogP contribution in [0.5, 0.6) is 0 Å². The first-order chi connectivity index (χ1) is 13.8. The number of pyridine rings is 1. The largest absolute Gasteiger partial charge is 0.382 e. The molecule has 3 rings (SSSR count). The van der Waals surface area contributed by atoms with E-state index in [1.165, 1.54) is 12.1 Å². The molecule has 0 saturated heterocycles. The average molecular weight is 385 g/mol. The Morgan fingerprint density at radius 2 is 1.54 bits per heavy atom. The number of aromatic nitrogens is 3. The quantitative estimate of drug-likeness (QED) is 0.473. The second kappa shape index (κ2) is 10.7. The molecule has 7 heteroatoms. The molecule has 0 unspecified atom stereocenters. The van der Waals surface area contributed by atoms with Crippen molar-refractivity contribution in [2.24, 2.45) is 0 Å². The van der Waals surface area contributed by atoms with Crippen molar-refractivity contribution in [1.82, 2.24) is 14.8 Å². The Kier molecular flexibility index (Phi) is 7.66. The fourth-order valence-corrected chi connectivity index (χ4v) is 2.72. The number of rotatable bonds is 11. The zero-order chi connectivity index (χ0) is 19.6. The lowest BCUT2D eigenvalue weighted by atomic mass is 10.0. The molecule has 0 atom stereocenters. The lowest BCUT2D eigenvalue weighted by Gasteiger charge is -2.05. The van der Waals surface area contributed by atoms with Crippen LogP contribution in [0.2, 0.25) is 0 Å². The van der Waals surface area contributed by atoms with Crippen LogP contribution >= 0.6 is 0 Å². The summed E-state index contributed by atoms with van der Waals surface area (Å²) in [5, 5.41) is 4.69. The number of nitrogens with zero attached hydrogens (tertiary/aromatic N) is 3. The van der Waals surface area contributed by atoms with Crippen LogP contribution in [0, 0.1) is 5.82 Å². The summed E-state index contributed by atoms with van der Waals surface area (Å²) in [4.78, 5) is 4.07. The Morgan fingerprint density at radius 1 is 0.857 bits per heavy atom. The molecule has 1 aromatic carbocycles. The van der Waals surface area contributed by atoms with Crippen LogP contribution in [0.3, 0.4) is 0 Å². The number of halogens is 1. The van der Waals surface area contributed by atoms with Crippen LogP contribution in [0.25, 0.3) is 22.4 Å². The van der Waals surface area contributed by atoms with E-state index in [1.807, 2.05) is 23.0 Å². The van der Waals surface area contributed by atoms with E-state index in [9.17, 15) is 4.39 Å². The van der Waals surface area contributed by atoms with Crippen molar-refractivity contribution in [3.05, 3.63) is 60.8 Å². The van der Waals surface area contributed by atoms with Gasteiger partial charge in [-0.15, -0.1) is 0 Å². The number of benzene rings is 1. The van der Waals surface area contributed by atoms with Gasteiger partial charge in [-0.25, -0.2) is 4.39 Å². The normalized spacial score (nSPS) is 11.1. The second-order valence-electron chi connectivity index (χ2n) is 6.11. The van der Waals surface area contributed by atoms with E-state index in [0.717, 1.165) is 22.4 Å². The zero-order valence-corrected chi connectivity index (χ0v) is 15.9. The highest BCUT2D eigenvalue weighted by Gasteiger charge is 2.13. The third kappa shape index (κ3) is 5.69. The highest BCUT2D eigenvalue weighted by Crippen LogP contribution is 2.30. The maximum atomic E-state index is 13.3. The maximum absolute atomic E-state index is 13.3. The molecule has 148 valence electrons. The summed E-state index contributed by atoms with van der Waals surface area (Å²) in [7, 11) is 1.64. The molecule has 6 nitrogen and oxygen atoms in total. The average Bonchev–Trinajstić information content (AvgIpc) is 3.15. The minimum absolute atomic E-state index is 0.269. The van der Waals surface area contributed by atoms with Crippen molar-refractivity contribution in [2.75, 3.05) is 40.1 Å². The van der Waals surface area contributed by atoms with Gasteiger partial charge in [-0.2, -0.15) is 5.10 Å². The van der Waals surface area contributed by atoms with Gasteiger partial charge in [0.2, 0.25) is 0 Å². The standard InChI is InChI=1S/C21H24FN3O3/c1-26-12-13-28-15-14-27-11-10-25-16-20(17-6-8-23-9-7-17)21(24-25)18-2-4-19(22)5-3-18/h2-9,16H,10-15H2,1H3. The maximum Gasteiger partial charge on any atom is 0.123 e. The first-order valence-corrected chi connectivity index (χ1v) is 9.16. The molecule has 0 aliphatic heterocycles. The van der Waals surface area contributed by atoms with Crippen molar-refractivity contribution in [3.63, 3.8) is 0 Å². The Hall–Kier alpha value is -2.61. The van der Waals surface area contributed by atoms with Gasteiger partial charge >= 0.3 is 0 Å². The SMILES string of the molecule is COCCOCCOCCn1cc(-c2ccncc2)c(-c2ccc(F)cc2)n1. The van der Waals surface area contributed by atoms with E-state index >= 15 is 0 Å². The third-order valence-corrected chi connectivity index (χ3v) is 4.14. The minimum Gasteiger partial charge on any atom is -0.382 e. The molecule has 0 amide bonds. The highest BCUT2D eigenvalue weighted by molar-refractivity contribution is 5.80. The third-order valence-electron chi connectivity index (χ3n) is 4.14. The van der Waals surface area contributed by atoms with Crippen LogP contribution in [-0.4, -0.2) is 54.9 Å². The van der Waals surface area contributed by atoms with Crippen LogP contribution in [0.4, 0.5) is 4.39 Å². The molecule has 0 spiro atoms. The lowest BCUT2D eigenvalue weighted by molar-refractivity contribution is 0.0225. The Morgan fingerprint density at radius 3 is 2.25 bits per heavy atom. The predicted octanol–water partition coefficient (Wildman–Crippen LogP) is 3.43. The molecule has 0 aliphatic rings. The van der Waals surface area contributed by atoms with Crippen LogP contribution in [-0.2, 0) is 20.8 Å². The molecule has 0 aliphatic carbocycles. The molecule has 2 aromatic heterocycles. The first-order valence-electron chi connectivity index (χ1n) is 9.16. The van der Waals surface area contributed by atoms with Gasteiger partial charge in [-0.3, -0.25) is 9.67 Å². The Bertz CT molecular complexity index is 838.